The Labute approximate surface area is 199 Å². The van der Waals surface area contributed by atoms with Crippen molar-refractivity contribution in [1.82, 2.24) is 14.8 Å². The Bertz CT molecular complexity index is 1100. The Kier molecular flexibility index (Phi) is 6.17. The normalized spacial score (nSPS) is 20.6. The van der Waals surface area contributed by atoms with Crippen LogP contribution in [0.25, 0.3) is 6.08 Å². The number of nitrogens with zero attached hydrogens (tertiary/aromatic N) is 3. The van der Waals surface area contributed by atoms with Gasteiger partial charge in [0.1, 0.15) is 5.82 Å². The first kappa shape index (κ1) is 22.0. The molecule has 33 heavy (non-hydrogen) atoms. The molecule has 5 rings (SSSR count). The summed E-state index contributed by atoms with van der Waals surface area (Å²) in [5.41, 5.74) is 3.04. The molecule has 2 aromatic rings. The van der Waals surface area contributed by atoms with E-state index < -0.39 is 0 Å². The Balaban J connectivity index is 1.22. The van der Waals surface area contributed by atoms with Crippen LogP contribution >= 0.6 is 11.3 Å². The minimum Gasteiger partial charge on any atom is -0.335 e. The van der Waals surface area contributed by atoms with E-state index in [9.17, 15) is 9.59 Å². The van der Waals surface area contributed by atoms with Gasteiger partial charge in [-0.25, -0.2) is 4.98 Å². The van der Waals surface area contributed by atoms with Gasteiger partial charge in [0.2, 0.25) is 11.8 Å². The van der Waals surface area contributed by atoms with E-state index in [1.165, 1.54) is 10.5 Å². The molecule has 0 unspecified atom stereocenters. The highest BCUT2D eigenvalue weighted by atomic mass is 32.1. The number of rotatable bonds is 4. The highest BCUT2D eigenvalue weighted by Crippen LogP contribution is 2.40. The second-order valence-electron chi connectivity index (χ2n) is 9.48. The van der Waals surface area contributed by atoms with E-state index in [-0.39, 0.29) is 17.2 Å². The number of carbonyl (C=O) groups excluding carboxylic acids is 2. The minimum atomic E-state index is -0.333. The third kappa shape index (κ3) is 4.80. The number of likely N-dealkylation sites (tertiary alicyclic amines) is 1. The third-order valence-corrected chi connectivity index (χ3v) is 8.07. The molecule has 1 spiro atoms. The van der Waals surface area contributed by atoms with Crippen LogP contribution in [0.4, 0.5) is 5.82 Å². The van der Waals surface area contributed by atoms with Crippen LogP contribution in [0.1, 0.15) is 35.3 Å². The molecule has 0 aliphatic carbocycles. The minimum absolute atomic E-state index is 0.0271. The summed E-state index contributed by atoms with van der Waals surface area (Å²) in [4.78, 5) is 35.5. The van der Waals surface area contributed by atoms with Crippen molar-refractivity contribution in [3.05, 3.63) is 63.5 Å². The predicted molar refractivity (Wildman–Crippen MR) is 132 cm³/mol. The first-order chi connectivity index (χ1) is 16.0. The van der Waals surface area contributed by atoms with Gasteiger partial charge in [-0.1, -0.05) is 17.7 Å². The van der Waals surface area contributed by atoms with Crippen LogP contribution in [0, 0.1) is 5.41 Å². The molecule has 5 heterocycles. The molecule has 6 nitrogen and oxygen atoms in total. The second kappa shape index (κ2) is 9.23. The molecule has 0 aromatic carbocycles. The maximum absolute atomic E-state index is 12.8. The Hall–Kier alpha value is -2.77. The second-order valence-corrected chi connectivity index (χ2v) is 10.5. The Morgan fingerprint density at radius 3 is 2.88 bits per heavy atom. The summed E-state index contributed by atoms with van der Waals surface area (Å²) in [5.74, 6) is 0.789. The standard InChI is InChI=1S/C26H30N4O2S/c1-29-12-8-26(9-13-29)17-21-15-20(18-27-24(21)28-25(26)32)4-5-23(31)30-10-6-19(7-11-30)16-22-3-2-14-33-22/h2-6,14-15,18H,7-13,16-17H2,1H3,(H,27,28,32). The fourth-order valence-electron chi connectivity index (χ4n) is 4.98. The van der Waals surface area contributed by atoms with Gasteiger partial charge in [0.05, 0.1) is 5.41 Å². The number of hydrogen-bond acceptors (Lipinski definition) is 5. The van der Waals surface area contributed by atoms with Crippen LogP contribution in [0.15, 0.2) is 47.5 Å². The predicted octanol–water partition coefficient (Wildman–Crippen LogP) is 3.76. The van der Waals surface area contributed by atoms with Gasteiger partial charge in [0, 0.05) is 36.7 Å². The fraction of sp³-hybridized carbons (Fsp3) is 0.423. The summed E-state index contributed by atoms with van der Waals surface area (Å²) < 4.78 is 0. The van der Waals surface area contributed by atoms with E-state index in [1.807, 2.05) is 11.0 Å². The van der Waals surface area contributed by atoms with Crippen LogP contribution < -0.4 is 5.32 Å². The molecule has 2 amide bonds. The van der Waals surface area contributed by atoms with E-state index in [0.29, 0.717) is 18.8 Å². The highest BCUT2D eigenvalue weighted by Gasteiger charge is 2.44. The van der Waals surface area contributed by atoms with Crippen LogP contribution in [0.5, 0.6) is 0 Å². The summed E-state index contributed by atoms with van der Waals surface area (Å²) in [6.07, 6.45) is 11.8. The quantitative estimate of drug-likeness (QED) is 0.555. The number of aromatic nitrogens is 1. The van der Waals surface area contributed by atoms with Crippen molar-refractivity contribution in [3.63, 3.8) is 0 Å². The van der Waals surface area contributed by atoms with Crippen LogP contribution in [0.3, 0.4) is 0 Å². The molecule has 0 radical (unpaired) electrons. The average Bonchev–Trinajstić information content (AvgIpc) is 3.34. The molecule has 172 valence electrons. The number of anilines is 1. The van der Waals surface area contributed by atoms with Gasteiger partial charge in [-0.3, -0.25) is 9.59 Å². The molecule has 1 N–H and O–H groups in total. The van der Waals surface area contributed by atoms with Crippen LogP contribution in [-0.2, 0) is 22.4 Å². The van der Waals surface area contributed by atoms with Crippen LogP contribution in [-0.4, -0.2) is 59.8 Å². The van der Waals surface area contributed by atoms with Gasteiger partial charge in [0.15, 0.2) is 0 Å². The molecule has 2 aromatic heterocycles. The van der Waals surface area contributed by atoms with Crippen molar-refractivity contribution in [3.8, 4) is 0 Å². The number of piperidine rings is 1. The first-order valence-electron chi connectivity index (χ1n) is 11.7. The van der Waals surface area contributed by atoms with E-state index >= 15 is 0 Å². The number of thiophene rings is 1. The number of fused-ring (bicyclic) bond motifs is 1. The van der Waals surface area contributed by atoms with Crippen molar-refractivity contribution >= 4 is 35.0 Å². The number of hydrogen-bond donors (Lipinski definition) is 1. The molecule has 7 heteroatoms. The smallest absolute Gasteiger partial charge is 0.246 e. The Morgan fingerprint density at radius 1 is 1.30 bits per heavy atom. The highest BCUT2D eigenvalue weighted by molar-refractivity contribution is 7.09. The van der Waals surface area contributed by atoms with Gasteiger partial charge in [0.25, 0.3) is 0 Å². The number of amides is 2. The monoisotopic (exact) mass is 462 g/mol. The van der Waals surface area contributed by atoms with Gasteiger partial charge >= 0.3 is 0 Å². The number of carbonyl (C=O) groups is 2. The van der Waals surface area contributed by atoms with Crippen molar-refractivity contribution in [2.24, 2.45) is 5.41 Å². The third-order valence-electron chi connectivity index (χ3n) is 7.19. The molecular formula is C26H30N4O2S. The van der Waals surface area contributed by atoms with Crippen molar-refractivity contribution in [1.29, 1.82) is 0 Å². The summed E-state index contributed by atoms with van der Waals surface area (Å²) in [7, 11) is 2.10. The molecule has 1 saturated heterocycles. The van der Waals surface area contributed by atoms with Gasteiger partial charge in [-0.05, 0) is 80.5 Å². The zero-order valence-electron chi connectivity index (χ0n) is 19.0. The van der Waals surface area contributed by atoms with E-state index in [0.717, 1.165) is 56.4 Å². The average molecular weight is 463 g/mol. The Morgan fingerprint density at radius 2 is 2.15 bits per heavy atom. The maximum atomic E-state index is 12.8. The largest absolute Gasteiger partial charge is 0.335 e. The first-order valence-corrected chi connectivity index (χ1v) is 12.5. The van der Waals surface area contributed by atoms with Gasteiger partial charge in [-0.2, -0.15) is 0 Å². The van der Waals surface area contributed by atoms with E-state index in [2.05, 4.69) is 51.9 Å². The fourth-order valence-corrected chi connectivity index (χ4v) is 5.74. The molecule has 3 aliphatic heterocycles. The number of nitrogens with one attached hydrogen (secondary N) is 1. The van der Waals surface area contributed by atoms with Gasteiger partial charge in [-0.15, -0.1) is 11.3 Å². The van der Waals surface area contributed by atoms with Crippen LogP contribution in [0.2, 0.25) is 0 Å². The molecule has 0 saturated carbocycles. The molecule has 0 bridgehead atoms. The lowest BCUT2D eigenvalue weighted by atomic mass is 9.71. The topological polar surface area (TPSA) is 65.5 Å². The molecule has 3 aliphatic rings. The van der Waals surface area contributed by atoms with E-state index in [4.69, 9.17) is 0 Å². The summed E-state index contributed by atoms with van der Waals surface area (Å²) >= 11 is 1.78. The zero-order valence-corrected chi connectivity index (χ0v) is 19.9. The lowest BCUT2D eigenvalue weighted by Crippen LogP contribution is -2.49. The zero-order chi connectivity index (χ0) is 22.8. The summed E-state index contributed by atoms with van der Waals surface area (Å²) in [6.45, 7) is 3.29. The lowest BCUT2D eigenvalue weighted by molar-refractivity contribution is -0.128. The number of pyridine rings is 1. The molecular weight excluding hydrogens is 432 g/mol. The summed E-state index contributed by atoms with van der Waals surface area (Å²) in [6, 6.07) is 6.32. The maximum Gasteiger partial charge on any atom is 0.246 e. The van der Waals surface area contributed by atoms with Crippen molar-refractivity contribution in [2.45, 2.75) is 32.1 Å². The van der Waals surface area contributed by atoms with Crippen molar-refractivity contribution in [2.75, 3.05) is 38.5 Å². The van der Waals surface area contributed by atoms with E-state index in [1.54, 1.807) is 23.6 Å². The van der Waals surface area contributed by atoms with Gasteiger partial charge < -0.3 is 15.1 Å². The van der Waals surface area contributed by atoms with Crippen molar-refractivity contribution < 1.29 is 9.59 Å². The molecule has 1 fully saturated rings. The summed E-state index contributed by atoms with van der Waals surface area (Å²) in [5, 5.41) is 5.13. The lowest BCUT2D eigenvalue weighted by Gasteiger charge is -2.42. The SMILES string of the molecule is CN1CCC2(CC1)Cc1cc(C=CC(=O)N3CC=C(Cc4cccs4)CC3)cnc1NC2=O. The molecule has 0 atom stereocenters.